The van der Waals surface area contributed by atoms with Gasteiger partial charge in [0, 0.05) is 18.4 Å². The summed E-state index contributed by atoms with van der Waals surface area (Å²) in [6, 6.07) is 4.64. The number of nitrogens with one attached hydrogen (secondary N) is 1. The highest BCUT2D eigenvalue weighted by Crippen LogP contribution is 2.27. The van der Waals surface area contributed by atoms with Crippen molar-refractivity contribution in [2.24, 2.45) is 5.41 Å². The lowest BCUT2D eigenvalue weighted by Crippen LogP contribution is -2.23. The van der Waals surface area contributed by atoms with E-state index in [1.807, 2.05) is 18.5 Å². The average Bonchev–Trinajstić information content (AvgIpc) is 2.29. The van der Waals surface area contributed by atoms with E-state index < -0.39 is 0 Å². The third kappa shape index (κ3) is 5.83. The minimum Gasteiger partial charge on any atom is -0.310 e. The van der Waals surface area contributed by atoms with E-state index in [1.54, 1.807) is 0 Å². The number of nitrogens with zero attached hydrogens (tertiary/aromatic N) is 1. The molecule has 0 amide bonds. The molecule has 0 aromatic carbocycles. The lowest BCUT2D eigenvalue weighted by molar-refractivity contribution is 0.332. The molecule has 0 aliphatic heterocycles. The Labute approximate surface area is 106 Å². The number of hydrogen-bond donors (Lipinski definition) is 1. The smallest absolute Gasteiger partial charge is 0.0335 e. The molecule has 0 fully saturated rings. The molecule has 0 spiro atoms. The normalized spacial score (nSPS) is 13.6. The summed E-state index contributed by atoms with van der Waals surface area (Å²) in [4.78, 5) is 4.22. The maximum atomic E-state index is 4.22. The molecule has 0 saturated carbocycles. The molecule has 0 saturated heterocycles. The first-order chi connectivity index (χ1) is 8.03. The van der Waals surface area contributed by atoms with E-state index >= 15 is 0 Å². The van der Waals surface area contributed by atoms with E-state index in [9.17, 15) is 0 Å². The van der Waals surface area contributed by atoms with Crippen molar-refractivity contribution >= 4 is 0 Å². The maximum Gasteiger partial charge on any atom is 0.0335 e. The molecule has 96 valence electrons. The molecule has 0 aliphatic rings. The summed E-state index contributed by atoms with van der Waals surface area (Å²) in [5.41, 5.74) is 1.71. The minimum absolute atomic E-state index is 0.397. The first-order valence-electron chi connectivity index (χ1n) is 6.66. The molecule has 17 heavy (non-hydrogen) atoms. The molecule has 1 atom stereocenters. The standard InChI is InChI=1S/C15H26N2/c1-5-10-17-14(8-9-15(2,3)4)13-7-6-11-16-12-13/h6-7,11-12,14,17H,5,8-10H2,1-4H3. The Bertz CT molecular complexity index is 300. The Kier molecular flexibility index (Phi) is 5.63. The fourth-order valence-corrected chi connectivity index (χ4v) is 1.86. The molecule has 1 heterocycles. The fourth-order valence-electron chi connectivity index (χ4n) is 1.86. The van der Waals surface area contributed by atoms with Crippen LogP contribution in [0.25, 0.3) is 0 Å². The second kappa shape index (κ2) is 6.75. The van der Waals surface area contributed by atoms with Gasteiger partial charge in [-0.3, -0.25) is 4.98 Å². The predicted molar refractivity (Wildman–Crippen MR) is 74.0 cm³/mol. The van der Waals surface area contributed by atoms with Crippen LogP contribution in [-0.2, 0) is 0 Å². The highest BCUT2D eigenvalue weighted by Gasteiger charge is 2.16. The third-order valence-electron chi connectivity index (χ3n) is 2.91. The first-order valence-corrected chi connectivity index (χ1v) is 6.66. The van der Waals surface area contributed by atoms with Crippen LogP contribution < -0.4 is 5.32 Å². The van der Waals surface area contributed by atoms with Crippen LogP contribution in [0.5, 0.6) is 0 Å². The number of aromatic nitrogens is 1. The van der Waals surface area contributed by atoms with E-state index in [4.69, 9.17) is 0 Å². The van der Waals surface area contributed by atoms with Crippen LogP contribution in [0.1, 0.15) is 58.6 Å². The number of pyridine rings is 1. The van der Waals surface area contributed by atoms with Gasteiger partial charge in [-0.15, -0.1) is 0 Å². The molecule has 1 N–H and O–H groups in total. The molecular weight excluding hydrogens is 208 g/mol. The van der Waals surface area contributed by atoms with Crippen molar-refractivity contribution in [3.63, 3.8) is 0 Å². The molecule has 1 aromatic rings. The van der Waals surface area contributed by atoms with Crippen LogP contribution >= 0.6 is 0 Å². The van der Waals surface area contributed by atoms with Crippen molar-refractivity contribution in [3.8, 4) is 0 Å². The minimum atomic E-state index is 0.397. The van der Waals surface area contributed by atoms with Crippen LogP contribution in [0.4, 0.5) is 0 Å². The molecular formula is C15H26N2. The Balaban J connectivity index is 2.61. The number of hydrogen-bond acceptors (Lipinski definition) is 2. The van der Waals surface area contributed by atoms with Gasteiger partial charge in [0.25, 0.3) is 0 Å². The maximum absolute atomic E-state index is 4.22. The van der Waals surface area contributed by atoms with Gasteiger partial charge in [-0.2, -0.15) is 0 Å². The van der Waals surface area contributed by atoms with Gasteiger partial charge in [0.1, 0.15) is 0 Å². The van der Waals surface area contributed by atoms with Gasteiger partial charge >= 0.3 is 0 Å². The average molecular weight is 234 g/mol. The Morgan fingerprint density at radius 2 is 2.12 bits per heavy atom. The Morgan fingerprint density at radius 3 is 2.65 bits per heavy atom. The molecule has 1 unspecified atom stereocenters. The van der Waals surface area contributed by atoms with E-state index in [1.165, 1.54) is 24.8 Å². The molecule has 0 aliphatic carbocycles. The first kappa shape index (κ1) is 14.2. The summed E-state index contributed by atoms with van der Waals surface area (Å²) in [6.07, 6.45) is 7.39. The summed E-state index contributed by atoms with van der Waals surface area (Å²) >= 11 is 0. The van der Waals surface area contributed by atoms with Crippen LogP contribution in [-0.4, -0.2) is 11.5 Å². The van der Waals surface area contributed by atoms with Gasteiger partial charge in [0.05, 0.1) is 0 Å². The van der Waals surface area contributed by atoms with Crippen molar-refractivity contribution in [2.75, 3.05) is 6.54 Å². The van der Waals surface area contributed by atoms with Crippen molar-refractivity contribution < 1.29 is 0 Å². The zero-order valence-electron chi connectivity index (χ0n) is 11.7. The summed E-state index contributed by atoms with van der Waals surface area (Å²) in [7, 11) is 0. The van der Waals surface area contributed by atoms with Crippen LogP contribution in [0.3, 0.4) is 0 Å². The van der Waals surface area contributed by atoms with Gasteiger partial charge in [-0.1, -0.05) is 33.8 Å². The zero-order valence-corrected chi connectivity index (χ0v) is 11.7. The second-order valence-corrected chi connectivity index (χ2v) is 5.89. The lowest BCUT2D eigenvalue weighted by Gasteiger charge is -2.24. The SMILES string of the molecule is CCCNC(CCC(C)(C)C)c1cccnc1. The number of rotatable bonds is 6. The highest BCUT2D eigenvalue weighted by atomic mass is 14.9. The molecule has 0 radical (unpaired) electrons. The molecule has 0 bridgehead atoms. The van der Waals surface area contributed by atoms with Gasteiger partial charge in [-0.25, -0.2) is 0 Å². The van der Waals surface area contributed by atoms with Gasteiger partial charge in [0.2, 0.25) is 0 Å². The molecule has 2 nitrogen and oxygen atoms in total. The summed E-state index contributed by atoms with van der Waals surface area (Å²) in [5.74, 6) is 0. The molecule has 2 heteroatoms. The monoisotopic (exact) mass is 234 g/mol. The van der Waals surface area contributed by atoms with Crippen molar-refractivity contribution in [1.82, 2.24) is 10.3 Å². The fraction of sp³-hybridized carbons (Fsp3) is 0.667. The summed E-state index contributed by atoms with van der Waals surface area (Å²) in [5, 5.41) is 3.62. The Hall–Kier alpha value is -0.890. The molecule has 1 aromatic heterocycles. The van der Waals surface area contributed by atoms with Gasteiger partial charge < -0.3 is 5.32 Å². The van der Waals surface area contributed by atoms with E-state index in [2.05, 4.69) is 44.1 Å². The van der Waals surface area contributed by atoms with E-state index in [-0.39, 0.29) is 0 Å². The second-order valence-electron chi connectivity index (χ2n) is 5.89. The van der Waals surface area contributed by atoms with Crippen LogP contribution in [0.2, 0.25) is 0 Å². The van der Waals surface area contributed by atoms with Gasteiger partial charge in [0.15, 0.2) is 0 Å². The quantitative estimate of drug-likeness (QED) is 0.806. The Morgan fingerprint density at radius 1 is 1.35 bits per heavy atom. The van der Waals surface area contributed by atoms with Crippen molar-refractivity contribution in [2.45, 2.75) is 53.0 Å². The van der Waals surface area contributed by atoms with Crippen molar-refractivity contribution in [3.05, 3.63) is 30.1 Å². The summed E-state index contributed by atoms with van der Waals surface area (Å²) in [6.45, 7) is 10.2. The van der Waals surface area contributed by atoms with E-state index in [0.29, 0.717) is 11.5 Å². The largest absolute Gasteiger partial charge is 0.310 e. The summed E-state index contributed by atoms with van der Waals surface area (Å²) < 4.78 is 0. The van der Waals surface area contributed by atoms with Crippen LogP contribution in [0, 0.1) is 5.41 Å². The topological polar surface area (TPSA) is 24.9 Å². The predicted octanol–water partition coefficient (Wildman–Crippen LogP) is 3.95. The zero-order chi connectivity index (χ0) is 12.7. The van der Waals surface area contributed by atoms with Crippen LogP contribution in [0.15, 0.2) is 24.5 Å². The highest BCUT2D eigenvalue weighted by molar-refractivity contribution is 5.13. The van der Waals surface area contributed by atoms with Gasteiger partial charge in [-0.05, 0) is 42.9 Å². The van der Waals surface area contributed by atoms with Crippen molar-refractivity contribution in [1.29, 1.82) is 0 Å². The molecule has 1 rings (SSSR count). The van der Waals surface area contributed by atoms with E-state index in [0.717, 1.165) is 6.54 Å². The third-order valence-corrected chi connectivity index (χ3v) is 2.91. The lowest BCUT2D eigenvalue weighted by atomic mass is 9.87.